The number of aromatic amines is 1. The first-order chi connectivity index (χ1) is 18.9. The van der Waals surface area contributed by atoms with Crippen molar-refractivity contribution in [1.29, 1.82) is 0 Å². The van der Waals surface area contributed by atoms with Crippen LogP contribution in [0.15, 0.2) is 89.7 Å². The molecule has 5 nitrogen and oxygen atoms in total. The number of hydrogen-bond donors (Lipinski definition) is 2. The maximum absolute atomic E-state index is 13.4. The van der Waals surface area contributed by atoms with Crippen LogP contribution >= 0.6 is 0 Å². The highest BCUT2D eigenvalue weighted by molar-refractivity contribution is 6.08. The van der Waals surface area contributed by atoms with E-state index in [1.165, 1.54) is 0 Å². The number of alkyl halides is 3. The van der Waals surface area contributed by atoms with Crippen molar-refractivity contribution in [2.24, 2.45) is 0 Å². The third-order valence-electron chi connectivity index (χ3n) is 6.39. The van der Waals surface area contributed by atoms with Crippen molar-refractivity contribution in [3.05, 3.63) is 106 Å². The number of H-pyrrole nitrogens is 1. The van der Waals surface area contributed by atoms with E-state index in [0.29, 0.717) is 33.8 Å². The summed E-state index contributed by atoms with van der Waals surface area (Å²) in [6, 6.07) is 25.1. The maximum atomic E-state index is 13.4. The van der Waals surface area contributed by atoms with E-state index in [2.05, 4.69) is 31.1 Å². The van der Waals surface area contributed by atoms with Crippen LogP contribution in [-0.4, -0.2) is 23.7 Å². The molecule has 2 N–H and O–H groups in total. The van der Waals surface area contributed by atoms with E-state index in [1.54, 1.807) is 54.6 Å². The molecule has 8 heteroatoms. The first kappa shape index (κ1) is 28.7. The number of nitrogens with one attached hydrogen (secondary N) is 2. The first-order valence-electron chi connectivity index (χ1n) is 13.0. The molecular formula is C32H31F3N2O3. The summed E-state index contributed by atoms with van der Waals surface area (Å²) in [4.78, 5) is 29.5. The summed E-state index contributed by atoms with van der Waals surface area (Å²) in [5.41, 5.74) is 3.37. The fourth-order valence-corrected chi connectivity index (χ4v) is 4.23. The Hall–Kier alpha value is -4.33. The van der Waals surface area contributed by atoms with Crippen molar-refractivity contribution in [3.63, 3.8) is 0 Å². The summed E-state index contributed by atoms with van der Waals surface area (Å²) in [7, 11) is 0. The van der Waals surface area contributed by atoms with E-state index >= 15 is 0 Å². The molecule has 3 aromatic carbocycles. The van der Waals surface area contributed by atoms with Gasteiger partial charge in [-0.15, -0.1) is 0 Å². The number of para-hydroxylation sites is 1. The summed E-state index contributed by atoms with van der Waals surface area (Å²) in [6.45, 7) is 6.26. The highest BCUT2D eigenvalue weighted by Gasteiger charge is 2.26. The van der Waals surface area contributed by atoms with E-state index in [0.717, 1.165) is 5.56 Å². The summed E-state index contributed by atoms with van der Waals surface area (Å²) < 4.78 is 42.5. The van der Waals surface area contributed by atoms with Gasteiger partial charge in [-0.25, -0.2) is 0 Å². The molecule has 0 atom stereocenters. The predicted molar refractivity (Wildman–Crippen MR) is 152 cm³/mol. The van der Waals surface area contributed by atoms with Crippen LogP contribution in [0.25, 0.3) is 22.4 Å². The molecule has 0 aliphatic heterocycles. The van der Waals surface area contributed by atoms with Crippen molar-refractivity contribution in [1.82, 2.24) is 4.98 Å². The lowest BCUT2D eigenvalue weighted by molar-refractivity contribution is -0.136. The quantitative estimate of drug-likeness (QED) is 0.219. The van der Waals surface area contributed by atoms with Crippen LogP contribution < -0.4 is 15.6 Å². The van der Waals surface area contributed by atoms with Crippen molar-refractivity contribution < 1.29 is 22.7 Å². The molecule has 0 aliphatic carbocycles. The average molecular weight is 549 g/mol. The van der Waals surface area contributed by atoms with Crippen LogP contribution in [0.3, 0.4) is 0 Å². The normalized spacial score (nSPS) is 11.8. The number of hydrogen-bond acceptors (Lipinski definition) is 3. The average Bonchev–Trinajstić information content (AvgIpc) is 2.90. The van der Waals surface area contributed by atoms with E-state index < -0.39 is 24.1 Å². The van der Waals surface area contributed by atoms with E-state index in [-0.39, 0.29) is 24.0 Å². The zero-order valence-electron chi connectivity index (χ0n) is 22.6. The second-order valence-corrected chi connectivity index (χ2v) is 10.5. The topological polar surface area (TPSA) is 71.2 Å². The number of carbonyl (C=O) groups excluding carboxylic acids is 1. The molecule has 208 valence electrons. The standard InChI is InChI=1S/C32H31F3N2O3/c1-31(2,3)23-14-10-21(11-15-23)26-20-27(22-12-16-25(17-13-22)40-19-7-18-32(33,34)35)37-30(39)28(26)29(38)36-24-8-5-4-6-9-24/h4-6,8-17,20H,7,18-19H2,1-3H3,(H,36,38)(H,37,39). The fourth-order valence-electron chi connectivity index (χ4n) is 4.23. The molecule has 0 unspecified atom stereocenters. The lowest BCUT2D eigenvalue weighted by atomic mass is 9.86. The zero-order chi connectivity index (χ0) is 28.9. The molecule has 1 amide bonds. The molecule has 4 aromatic rings. The van der Waals surface area contributed by atoms with Gasteiger partial charge in [0.05, 0.1) is 6.61 Å². The minimum absolute atomic E-state index is 0.0132. The number of pyridine rings is 1. The number of aromatic nitrogens is 1. The highest BCUT2D eigenvalue weighted by Crippen LogP contribution is 2.31. The van der Waals surface area contributed by atoms with Gasteiger partial charge in [-0.3, -0.25) is 9.59 Å². The second kappa shape index (κ2) is 11.8. The lowest BCUT2D eigenvalue weighted by Gasteiger charge is -2.19. The summed E-state index contributed by atoms with van der Waals surface area (Å²) >= 11 is 0. The van der Waals surface area contributed by atoms with Gasteiger partial charge in [0.15, 0.2) is 0 Å². The minimum Gasteiger partial charge on any atom is -0.494 e. The predicted octanol–water partition coefficient (Wildman–Crippen LogP) is 7.98. The van der Waals surface area contributed by atoms with Gasteiger partial charge in [0.1, 0.15) is 11.3 Å². The van der Waals surface area contributed by atoms with Gasteiger partial charge in [-0.1, -0.05) is 63.2 Å². The molecule has 0 bridgehead atoms. The fraction of sp³-hybridized carbons (Fsp3) is 0.250. The zero-order valence-corrected chi connectivity index (χ0v) is 22.6. The monoisotopic (exact) mass is 548 g/mol. The van der Waals surface area contributed by atoms with Crippen LogP contribution in [0.5, 0.6) is 5.75 Å². The Kier molecular flexibility index (Phi) is 8.47. The van der Waals surface area contributed by atoms with Crippen LogP contribution in [0, 0.1) is 0 Å². The molecule has 0 spiro atoms. The Morgan fingerprint density at radius 1 is 0.875 bits per heavy atom. The SMILES string of the molecule is CC(C)(C)c1ccc(-c2cc(-c3ccc(OCCCC(F)(F)F)cc3)[nH]c(=O)c2C(=O)Nc2ccccc2)cc1. The molecule has 40 heavy (non-hydrogen) atoms. The van der Waals surface area contributed by atoms with Gasteiger partial charge in [0, 0.05) is 23.4 Å². The van der Waals surface area contributed by atoms with Crippen LogP contribution in [-0.2, 0) is 5.41 Å². The molecule has 0 fully saturated rings. The van der Waals surface area contributed by atoms with Crippen molar-refractivity contribution >= 4 is 11.6 Å². The van der Waals surface area contributed by atoms with E-state index in [4.69, 9.17) is 4.74 Å². The Morgan fingerprint density at radius 3 is 2.10 bits per heavy atom. The molecular weight excluding hydrogens is 517 g/mol. The molecule has 1 aromatic heterocycles. The Balaban J connectivity index is 1.67. The van der Waals surface area contributed by atoms with Gasteiger partial charge in [-0.05, 0) is 71.0 Å². The van der Waals surface area contributed by atoms with Crippen molar-refractivity contribution in [2.45, 2.75) is 45.2 Å². The van der Waals surface area contributed by atoms with Crippen molar-refractivity contribution in [3.8, 4) is 28.1 Å². The highest BCUT2D eigenvalue weighted by atomic mass is 19.4. The van der Waals surface area contributed by atoms with E-state index in [1.807, 2.05) is 30.3 Å². The number of halogens is 3. The Labute approximate surface area is 231 Å². The van der Waals surface area contributed by atoms with Gasteiger partial charge in [0.2, 0.25) is 0 Å². The van der Waals surface area contributed by atoms with E-state index in [9.17, 15) is 22.8 Å². The summed E-state index contributed by atoms with van der Waals surface area (Å²) in [5, 5.41) is 2.80. The second-order valence-electron chi connectivity index (χ2n) is 10.5. The molecule has 0 saturated heterocycles. The third-order valence-corrected chi connectivity index (χ3v) is 6.39. The largest absolute Gasteiger partial charge is 0.494 e. The van der Waals surface area contributed by atoms with Crippen LogP contribution in [0.1, 0.15) is 49.5 Å². The minimum atomic E-state index is -4.21. The van der Waals surface area contributed by atoms with Gasteiger partial charge < -0.3 is 15.0 Å². The first-order valence-corrected chi connectivity index (χ1v) is 13.0. The third kappa shape index (κ3) is 7.40. The number of benzene rings is 3. The molecule has 4 rings (SSSR count). The molecule has 0 radical (unpaired) electrons. The molecule has 1 heterocycles. The number of ether oxygens (including phenoxy) is 1. The molecule has 0 aliphatic rings. The van der Waals surface area contributed by atoms with Crippen LogP contribution in [0.4, 0.5) is 18.9 Å². The number of rotatable bonds is 8. The number of carbonyl (C=O) groups is 1. The van der Waals surface area contributed by atoms with Gasteiger partial charge >= 0.3 is 6.18 Å². The lowest BCUT2D eigenvalue weighted by Crippen LogP contribution is -2.25. The molecule has 0 saturated carbocycles. The summed E-state index contributed by atoms with van der Waals surface area (Å²) in [5.74, 6) is -0.110. The smallest absolute Gasteiger partial charge is 0.389 e. The Morgan fingerprint density at radius 2 is 1.50 bits per heavy atom. The van der Waals surface area contributed by atoms with Crippen molar-refractivity contribution in [2.75, 3.05) is 11.9 Å². The van der Waals surface area contributed by atoms with Crippen LogP contribution in [0.2, 0.25) is 0 Å². The van der Waals surface area contributed by atoms with Gasteiger partial charge in [-0.2, -0.15) is 13.2 Å². The van der Waals surface area contributed by atoms with Gasteiger partial charge in [0.25, 0.3) is 11.5 Å². The maximum Gasteiger partial charge on any atom is 0.389 e. The number of anilines is 1. The summed E-state index contributed by atoms with van der Waals surface area (Å²) in [6.07, 6.45) is -5.26. The number of amides is 1. The Bertz CT molecular complexity index is 1500.